The van der Waals surface area contributed by atoms with Crippen LogP contribution in [0, 0.1) is 0 Å². The van der Waals surface area contributed by atoms with Crippen LogP contribution in [0.4, 0.5) is 13.2 Å². The van der Waals surface area contributed by atoms with Crippen LogP contribution in [0.25, 0.3) is 0 Å². The van der Waals surface area contributed by atoms with E-state index in [1.165, 1.54) is 12.4 Å². The second kappa shape index (κ2) is 7.58. The Bertz CT molecular complexity index is 701. The molecule has 1 heterocycles. The van der Waals surface area contributed by atoms with Gasteiger partial charge in [0.05, 0.1) is 5.56 Å². The molecule has 126 valence electrons. The first kappa shape index (κ1) is 17.5. The Balaban J connectivity index is 1.78. The molecule has 0 saturated carbocycles. The summed E-state index contributed by atoms with van der Waals surface area (Å²) >= 11 is 0. The molecule has 2 rings (SSSR count). The predicted octanol–water partition coefficient (Wildman–Crippen LogP) is 2.26. The lowest BCUT2D eigenvalue weighted by Crippen LogP contribution is -2.34. The quantitative estimate of drug-likeness (QED) is 0.822. The molecule has 2 N–H and O–H groups in total. The van der Waals surface area contributed by atoms with Crippen molar-refractivity contribution in [3.05, 3.63) is 65.5 Å². The van der Waals surface area contributed by atoms with E-state index >= 15 is 0 Å². The fourth-order valence-corrected chi connectivity index (χ4v) is 1.87. The van der Waals surface area contributed by atoms with Gasteiger partial charge in [0.1, 0.15) is 0 Å². The molecule has 8 heteroatoms. The molecule has 0 fully saturated rings. The van der Waals surface area contributed by atoms with Crippen molar-refractivity contribution in [2.75, 3.05) is 13.1 Å². The lowest BCUT2D eigenvalue weighted by atomic mass is 10.1. The van der Waals surface area contributed by atoms with Crippen molar-refractivity contribution in [2.45, 2.75) is 6.18 Å². The smallest absolute Gasteiger partial charge is 0.350 e. The Morgan fingerprint density at radius 2 is 1.29 bits per heavy atom. The van der Waals surface area contributed by atoms with Crippen LogP contribution in [-0.4, -0.2) is 29.9 Å². The summed E-state index contributed by atoms with van der Waals surface area (Å²) in [4.78, 5) is 27.3. The van der Waals surface area contributed by atoms with E-state index in [0.29, 0.717) is 5.56 Å². The van der Waals surface area contributed by atoms with Crippen LogP contribution in [0.15, 0.2) is 48.8 Å². The number of halogens is 3. The van der Waals surface area contributed by atoms with Crippen molar-refractivity contribution in [3.63, 3.8) is 0 Å². The standard InChI is InChI=1S/C16H14F3N3O2/c17-16(18,19)13-3-1-11(2-4-13)14(23)21-9-10-22-15(24)12-5-7-20-8-6-12/h1-8H,9-10H2,(H,21,23)(H,22,24). The van der Waals surface area contributed by atoms with Gasteiger partial charge in [0.2, 0.25) is 0 Å². The van der Waals surface area contributed by atoms with Crippen LogP contribution < -0.4 is 10.6 Å². The number of aromatic nitrogens is 1. The summed E-state index contributed by atoms with van der Waals surface area (Å²) in [5.74, 6) is -0.817. The number of nitrogens with zero attached hydrogens (tertiary/aromatic N) is 1. The number of hydrogen-bond acceptors (Lipinski definition) is 3. The Kier molecular flexibility index (Phi) is 5.51. The van der Waals surface area contributed by atoms with Crippen LogP contribution in [0.5, 0.6) is 0 Å². The zero-order valence-corrected chi connectivity index (χ0v) is 12.4. The highest BCUT2D eigenvalue weighted by molar-refractivity contribution is 5.95. The normalized spacial score (nSPS) is 11.0. The van der Waals surface area contributed by atoms with E-state index in [9.17, 15) is 22.8 Å². The van der Waals surface area contributed by atoms with Crippen LogP contribution >= 0.6 is 0 Å². The highest BCUT2D eigenvalue weighted by Gasteiger charge is 2.30. The molecule has 0 aliphatic carbocycles. The van der Waals surface area contributed by atoms with Crippen molar-refractivity contribution in [1.82, 2.24) is 15.6 Å². The fraction of sp³-hybridized carbons (Fsp3) is 0.188. The van der Waals surface area contributed by atoms with Crippen LogP contribution in [0.1, 0.15) is 26.3 Å². The molecule has 0 radical (unpaired) electrons. The maximum absolute atomic E-state index is 12.4. The molecule has 24 heavy (non-hydrogen) atoms. The summed E-state index contributed by atoms with van der Waals surface area (Å²) in [6.07, 6.45) is -1.46. The molecule has 0 unspecified atom stereocenters. The topological polar surface area (TPSA) is 71.1 Å². The maximum atomic E-state index is 12.4. The zero-order valence-electron chi connectivity index (χ0n) is 12.4. The highest BCUT2D eigenvalue weighted by Crippen LogP contribution is 2.28. The van der Waals surface area contributed by atoms with Gasteiger partial charge in [-0.15, -0.1) is 0 Å². The van der Waals surface area contributed by atoms with Crippen LogP contribution in [0.2, 0.25) is 0 Å². The third-order valence-corrected chi connectivity index (χ3v) is 3.11. The van der Waals surface area contributed by atoms with E-state index in [4.69, 9.17) is 0 Å². The summed E-state index contributed by atoms with van der Waals surface area (Å²) in [6, 6.07) is 7.01. The Hall–Kier alpha value is -2.90. The minimum atomic E-state index is -4.44. The fourth-order valence-electron chi connectivity index (χ4n) is 1.87. The number of amides is 2. The zero-order chi connectivity index (χ0) is 17.6. The van der Waals surface area contributed by atoms with Gasteiger partial charge in [0.25, 0.3) is 11.8 Å². The number of carbonyl (C=O) groups excluding carboxylic acids is 2. The van der Waals surface area contributed by atoms with Crippen molar-refractivity contribution in [1.29, 1.82) is 0 Å². The third kappa shape index (κ3) is 4.80. The van der Waals surface area contributed by atoms with Gasteiger partial charge in [-0.3, -0.25) is 14.6 Å². The summed E-state index contributed by atoms with van der Waals surface area (Å²) in [7, 11) is 0. The number of alkyl halides is 3. The minimum Gasteiger partial charge on any atom is -0.350 e. The van der Waals surface area contributed by atoms with Gasteiger partial charge in [-0.1, -0.05) is 0 Å². The van der Waals surface area contributed by atoms with E-state index in [-0.39, 0.29) is 24.6 Å². The molecule has 0 atom stereocenters. The number of carbonyl (C=O) groups is 2. The third-order valence-electron chi connectivity index (χ3n) is 3.11. The van der Waals surface area contributed by atoms with E-state index in [1.807, 2.05) is 0 Å². The average molecular weight is 337 g/mol. The molecule has 0 saturated heterocycles. The van der Waals surface area contributed by atoms with Crippen molar-refractivity contribution >= 4 is 11.8 Å². The molecule has 2 aromatic rings. The molecule has 5 nitrogen and oxygen atoms in total. The Morgan fingerprint density at radius 3 is 1.75 bits per heavy atom. The van der Waals surface area contributed by atoms with E-state index in [1.54, 1.807) is 12.1 Å². The minimum absolute atomic E-state index is 0.114. The lowest BCUT2D eigenvalue weighted by molar-refractivity contribution is -0.137. The first-order valence-electron chi connectivity index (χ1n) is 7.01. The SMILES string of the molecule is O=C(NCCNC(=O)c1ccc(C(F)(F)F)cc1)c1ccncc1. The lowest BCUT2D eigenvalue weighted by Gasteiger charge is -2.09. The largest absolute Gasteiger partial charge is 0.416 e. The van der Waals surface area contributed by atoms with Gasteiger partial charge in [-0.05, 0) is 36.4 Å². The van der Waals surface area contributed by atoms with Crippen molar-refractivity contribution < 1.29 is 22.8 Å². The molecule has 0 spiro atoms. The molecule has 0 aliphatic rings. The van der Waals surface area contributed by atoms with Gasteiger partial charge >= 0.3 is 6.18 Å². The summed E-state index contributed by atoms with van der Waals surface area (Å²) in [5, 5.41) is 5.12. The first-order valence-corrected chi connectivity index (χ1v) is 7.01. The summed E-state index contributed by atoms with van der Waals surface area (Å²) < 4.78 is 37.3. The number of pyridine rings is 1. The van der Waals surface area contributed by atoms with Gasteiger partial charge in [-0.25, -0.2) is 0 Å². The highest BCUT2D eigenvalue weighted by atomic mass is 19.4. The average Bonchev–Trinajstić information content (AvgIpc) is 2.58. The predicted molar refractivity (Wildman–Crippen MR) is 80.3 cm³/mol. The number of benzene rings is 1. The van der Waals surface area contributed by atoms with Crippen LogP contribution in [0.3, 0.4) is 0 Å². The molecule has 1 aromatic heterocycles. The molecule has 0 bridgehead atoms. The monoisotopic (exact) mass is 337 g/mol. The molecule has 0 aliphatic heterocycles. The number of nitrogens with one attached hydrogen (secondary N) is 2. The molecular formula is C16H14F3N3O2. The second-order valence-corrected chi connectivity index (χ2v) is 4.82. The van der Waals surface area contributed by atoms with E-state index in [2.05, 4.69) is 15.6 Å². The van der Waals surface area contributed by atoms with Crippen molar-refractivity contribution in [2.24, 2.45) is 0 Å². The van der Waals surface area contributed by atoms with E-state index < -0.39 is 17.6 Å². The van der Waals surface area contributed by atoms with Gasteiger partial charge in [0, 0.05) is 36.6 Å². The van der Waals surface area contributed by atoms with Gasteiger partial charge in [0.15, 0.2) is 0 Å². The second-order valence-electron chi connectivity index (χ2n) is 4.82. The molecule has 1 aromatic carbocycles. The van der Waals surface area contributed by atoms with Gasteiger partial charge < -0.3 is 10.6 Å². The van der Waals surface area contributed by atoms with Gasteiger partial charge in [-0.2, -0.15) is 13.2 Å². The van der Waals surface area contributed by atoms with Crippen molar-refractivity contribution in [3.8, 4) is 0 Å². The summed E-state index contributed by atoms with van der Waals surface area (Å²) in [5.41, 5.74) is -0.258. The molecule has 2 amide bonds. The maximum Gasteiger partial charge on any atom is 0.416 e. The molecular weight excluding hydrogens is 323 g/mol. The number of hydrogen-bond donors (Lipinski definition) is 2. The number of rotatable bonds is 5. The van der Waals surface area contributed by atoms with Crippen LogP contribution in [-0.2, 0) is 6.18 Å². The Morgan fingerprint density at radius 1 is 0.833 bits per heavy atom. The van der Waals surface area contributed by atoms with E-state index in [0.717, 1.165) is 24.3 Å². The summed E-state index contributed by atoms with van der Waals surface area (Å²) in [6.45, 7) is 0.338. The Labute approximate surface area is 135 Å². The first-order chi connectivity index (χ1) is 11.4.